The lowest BCUT2D eigenvalue weighted by Gasteiger charge is -2.09. The largest absolute Gasteiger partial charge is 0.465 e. The quantitative estimate of drug-likeness (QED) is 0.814. The maximum Gasteiger partial charge on any atom is 0.341 e. The smallest absolute Gasteiger partial charge is 0.341 e. The molecule has 0 aliphatic heterocycles. The third-order valence-electron chi connectivity index (χ3n) is 3.84. The van der Waals surface area contributed by atoms with Crippen molar-refractivity contribution in [3.8, 4) is 0 Å². The number of hydrogen-bond donors (Lipinski definition) is 2. The number of thiophene rings is 1. The molecule has 0 saturated heterocycles. The summed E-state index contributed by atoms with van der Waals surface area (Å²) in [6.07, 6.45) is 2.76. The molecule has 0 radical (unpaired) electrons. The molecule has 1 heterocycles. The minimum atomic E-state index is -0.428. The minimum Gasteiger partial charge on any atom is -0.465 e. The second kappa shape index (κ2) is 7.00. The van der Waals surface area contributed by atoms with Crippen LogP contribution in [0.5, 0.6) is 0 Å². The molecule has 0 spiro atoms. The number of aryl methyl sites for hydroxylation is 1. The van der Waals surface area contributed by atoms with Gasteiger partial charge >= 0.3 is 5.97 Å². The predicted molar refractivity (Wildman–Crippen MR) is 91.2 cm³/mol. The number of anilines is 2. The number of rotatable bonds is 5. The number of ether oxygens (including phenoxy) is 1. The summed E-state index contributed by atoms with van der Waals surface area (Å²) >= 11 is 1.42. The van der Waals surface area contributed by atoms with Crippen molar-refractivity contribution < 1.29 is 18.7 Å². The van der Waals surface area contributed by atoms with E-state index in [1.54, 1.807) is 12.1 Å². The summed E-state index contributed by atoms with van der Waals surface area (Å²) in [7, 11) is 1.33. The van der Waals surface area contributed by atoms with Gasteiger partial charge in [0.25, 0.3) is 0 Å². The van der Waals surface area contributed by atoms with Gasteiger partial charge in [0.05, 0.1) is 19.2 Å². The molecule has 0 fully saturated rings. The van der Waals surface area contributed by atoms with Crippen LogP contribution in [-0.4, -0.2) is 25.5 Å². The Bertz CT molecular complexity index is 788. The number of halogens is 1. The van der Waals surface area contributed by atoms with Crippen LogP contribution in [0.15, 0.2) is 24.3 Å². The zero-order chi connectivity index (χ0) is 17.1. The van der Waals surface area contributed by atoms with Crippen LogP contribution < -0.4 is 10.6 Å². The lowest BCUT2D eigenvalue weighted by atomic mass is 10.1. The first-order chi connectivity index (χ1) is 11.6. The second-order valence-electron chi connectivity index (χ2n) is 5.47. The number of benzene rings is 1. The third-order valence-corrected chi connectivity index (χ3v) is 5.05. The average Bonchev–Trinajstić information content (AvgIpc) is 3.13. The highest BCUT2D eigenvalue weighted by atomic mass is 32.1. The van der Waals surface area contributed by atoms with E-state index in [0.29, 0.717) is 16.3 Å². The molecule has 2 aromatic rings. The van der Waals surface area contributed by atoms with Gasteiger partial charge in [-0.2, -0.15) is 0 Å². The molecule has 1 aliphatic rings. The van der Waals surface area contributed by atoms with Crippen LogP contribution in [0.3, 0.4) is 0 Å². The van der Waals surface area contributed by atoms with E-state index in [-0.39, 0.29) is 18.3 Å². The molecular formula is C17H17FN2O3S. The Kier molecular flexibility index (Phi) is 4.80. The van der Waals surface area contributed by atoms with Crippen LogP contribution in [-0.2, 0) is 22.4 Å². The minimum absolute atomic E-state index is 0.0212. The molecule has 1 aliphatic carbocycles. The molecule has 2 N–H and O–H groups in total. The number of methoxy groups -OCH3 is 1. The Morgan fingerprint density at radius 1 is 1.33 bits per heavy atom. The Balaban J connectivity index is 1.69. The molecule has 0 bridgehead atoms. The van der Waals surface area contributed by atoms with E-state index in [1.807, 2.05) is 0 Å². The summed E-state index contributed by atoms with van der Waals surface area (Å²) in [5.74, 6) is -1.10. The SMILES string of the molecule is COC(=O)c1c(NC(=O)CNc2cccc(F)c2)sc2c1CCC2. The molecule has 0 saturated carbocycles. The Labute approximate surface area is 142 Å². The summed E-state index contributed by atoms with van der Waals surface area (Å²) < 4.78 is 18.0. The Morgan fingerprint density at radius 2 is 2.17 bits per heavy atom. The lowest BCUT2D eigenvalue weighted by Crippen LogP contribution is -2.22. The topological polar surface area (TPSA) is 67.4 Å². The lowest BCUT2D eigenvalue weighted by molar-refractivity contribution is -0.114. The molecule has 1 amide bonds. The summed E-state index contributed by atoms with van der Waals surface area (Å²) in [4.78, 5) is 25.3. The van der Waals surface area contributed by atoms with Gasteiger partial charge in [-0.1, -0.05) is 6.07 Å². The highest BCUT2D eigenvalue weighted by molar-refractivity contribution is 7.17. The van der Waals surface area contributed by atoms with Crippen LogP contribution in [0, 0.1) is 5.82 Å². The number of nitrogens with one attached hydrogen (secondary N) is 2. The summed E-state index contributed by atoms with van der Waals surface area (Å²) in [5.41, 5.74) is 1.97. The molecule has 3 rings (SSSR count). The first-order valence-electron chi connectivity index (χ1n) is 7.60. The molecular weight excluding hydrogens is 331 g/mol. The van der Waals surface area contributed by atoms with Gasteiger partial charge in [0.2, 0.25) is 5.91 Å². The van der Waals surface area contributed by atoms with E-state index >= 15 is 0 Å². The Morgan fingerprint density at radius 3 is 2.92 bits per heavy atom. The molecule has 5 nitrogen and oxygen atoms in total. The number of hydrogen-bond acceptors (Lipinski definition) is 5. The van der Waals surface area contributed by atoms with E-state index in [9.17, 15) is 14.0 Å². The normalized spacial score (nSPS) is 12.6. The molecule has 0 unspecified atom stereocenters. The van der Waals surface area contributed by atoms with Crippen LogP contribution in [0.1, 0.15) is 27.2 Å². The third kappa shape index (κ3) is 3.41. The van der Waals surface area contributed by atoms with Crippen LogP contribution in [0.25, 0.3) is 0 Å². The zero-order valence-electron chi connectivity index (χ0n) is 13.1. The monoisotopic (exact) mass is 348 g/mol. The summed E-state index contributed by atoms with van der Waals surface area (Å²) in [6.45, 7) is -0.0212. The van der Waals surface area contributed by atoms with E-state index in [2.05, 4.69) is 10.6 Å². The number of carbonyl (C=O) groups is 2. The fourth-order valence-electron chi connectivity index (χ4n) is 2.76. The molecule has 7 heteroatoms. The van der Waals surface area contributed by atoms with E-state index < -0.39 is 5.97 Å². The number of esters is 1. The van der Waals surface area contributed by atoms with Crippen molar-refractivity contribution in [2.45, 2.75) is 19.3 Å². The van der Waals surface area contributed by atoms with E-state index in [0.717, 1.165) is 29.7 Å². The highest BCUT2D eigenvalue weighted by Gasteiger charge is 2.27. The molecule has 0 atom stereocenters. The van der Waals surface area contributed by atoms with Gasteiger partial charge in [0.1, 0.15) is 10.8 Å². The number of amides is 1. The van der Waals surface area contributed by atoms with E-state index in [1.165, 1.54) is 30.6 Å². The van der Waals surface area contributed by atoms with Crippen LogP contribution in [0.2, 0.25) is 0 Å². The number of fused-ring (bicyclic) bond motifs is 1. The van der Waals surface area contributed by atoms with Gasteiger partial charge in [-0.05, 0) is 43.0 Å². The molecule has 126 valence electrons. The van der Waals surface area contributed by atoms with Gasteiger partial charge < -0.3 is 15.4 Å². The summed E-state index contributed by atoms with van der Waals surface area (Å²) in [5, 5.41) is 6.14. The average molecular weight is 348 g/mol. The van der Waals surface area contributed by atoms with Gasteiger partial charge in [-0.3, -0.25) is 4.79 Å². The fourth-order valence-corrected chi connectivity index (χ4v) is 4.06. The van der Waals surface area contributed by atoms with Crippen molar-refractivity contribution in [1.29, 1.82) is 0 Å². The molecule has 24 heavy (non-hydrogen) atoms. The van der Waals surface area contributed by atoms with Crippen LogP contribution in [0.4, 0.5) is 15.1 Å². The molecule has 1 aromatic carbocycles. The first-order valence-corrected chi connectivity index (χ1v) is 8.42. The van der Waals surface area contributed by atoms with Gasteiger partial charge in [-0.25, -0.2) is 9.18 Å². The number of carbonyl (C=O) groups excluding carboxylic acids is 2. The van der Waals surface area contributed by atoms with Crippen LogP contribution >= 0.6 is 11.3 Å². The van der Waals surface area contributed by atoms with Crippen molar-refractivity contribution in [2.24, 2.45) is 0 Å². The highest BCUT2D eigenvalue weighted by Crippen LogP contribution is 2.39. The standard InChI is InChI=1S/C17H17FN2O3S/c1-23-17(22)15-12-6-3-7-13(12)24-16(15)20-14(21)9-19-11-5-2-4-10(18)8-11/h2,4-5,8,19H,3,6-7,9H2,1H3,(H,20,21). The second-order valence-corrected chi connectivity index (χ2v) is 6.57. The van der Waals surface area contributed by atoms with Crippen molar-refractivity contribution in [3.63, 3.8) is 0 Å². The Hall–Kier alpha value is -2.41. The van der Waals surface area contributed by atoms with Gasteiger partial charge in [0, 0.05) is 10.6 Å². The van der Waals surface area contributed by atoms with E-state index in [4.69, 9.17) is 4.74 Å². The fraction of sp³-hybridized carbons (Fsp3) is 0.294. The summed E-state index contributed by atoms with van der Waals surface area (Å²) in [6, 6.07) is 5.89. The van der Waals surface area contributed by atoms with Crippen molar-refractivity contribution in [1.82, 2.24) is 0 Å². The predicted octanol–water partition coefficient (Wildman–Crippen LogP) is 3.21. The van der Waals surface area contributed by atoms with Crippen molar-refractivity contribution in [2.75, 3.05) is 24.3 Å². The maximum absolute atomic E-state index is 13.1. The van der Waals surface area contributed by atoms with Crippen molar-refractivity contribution in [3.05, 3.63) is 46.1 Å². The zero-order valence-corrected chi connectivity index (χ0v) is 14.0. The first kappa shape index (κ1) is 16.4. The van der Waals surface area contributed by atoms with Crippen molar-refractivity contribution >= 4 is 33.9 Å². The van der Waals surface area contributed by atoms with Gasteiger partial charge in [-0.15, -0.1) is 11.3 Å². The maximum atomic E-state index is 13.1. The molecule has 1 aromatic heterocycles. The van der Waals surface area contributed by atoms with Gasteiger partial charge in [0.15, 0.2) is 0 Å².